The third kappa shape index (κ3) is 7.41. The number of hydrogen-bond donors (Lipinski definition) is 1. The van der Waals surface area contributed by atoms with Crippen LogP contribution in [0.2, 0.25) is 0 Å². The molecule has 0 aliphatic heterocycles. The number of hydrogen-bond acceptors (Lipinski definition) is 5. The van der Waals surface area contributed by atoms with E-state index in [1.54, 1.807) is 48.5 Å². The van der Waals surface area contributed by atoms with Crippen LogP contribution in [0.1, 0.15) is 26.3 Å². The SMILES string of the molecule is C=C(OC(=O)c1ccccc1)C(COC(=O)c1ccccc1)NCc1ccccc1.Cl. The number of nitrogens with one attached hydrogen (secondary N) is 1. The Bertz CT molecular complexity index is 978. The van der Waals surface area contributed by atoms with E-state index in [1.807, 2.05) is 42.5 Å². The van der Waals surface area contributed by atoms with Gasteiger partial charge >= 0.3 is 11.9 Å². The molecule has 3 aromatic rings. The Balaban J connectivity index is 0.00000341. The van der Waals surface area contributed by atoms with Crippen LogP contribution in [-0.4, -0.2) is 24.6 Å². The summed E-state index contributed by atoms with van der Waals surface area (Å²) < 4.78 is 10.9. The van der Waals surface area contributed by atoms with Crippen molar-refractivity contribution in [3.63, 3.8) is 0 Å². The van der Waals surface area contributed by atoms with Gasteiger partial charge in [-0.25, -0.2) is 9.59 Å². The average Bonchev–Trinajstić information content (AvgIpc) is 2.80. The maximum Gasteiger partial charge on any atom is 0.343 e. The molecule has 0 radical (unpaired) electrons. The van der Waals surface area contributed by atoms with Crippen molar-refractivity contribution in [3.8, 4) is 0 Å². The minimum absolute atomic E-state index is 0. The predicted octanol–water partition coefficient (Wildman–Crippen LogP) is 4.79. The monoisotopic (exact) mass is 437 g/mol. The summed E-state index contributed by atoms with van der Waals surface area (Å²) in [6.07, 6.45) is 0. The summed E-state index contributed by atoms with van der Waals surface area (Å²) in [5, 5.41) is 3.25. The van der Waals surface area contributed by atoms with E-state index in [0.29, 0.717) is 17.7 Å². The first kappa shape index (κ1) is 23.9. The molecule has 3 aromatic carbocycles. The highest BCUT2D eigenvalue weighted by Crippen LogP contribution is 2.11. The van der Waals surface area contributed by atoms with Crippen LogP contribution in [0.3, 0.4) is 0 Å². The van der Waals surface area contributed by atoms with Crippen LogP contribution in [0, 0.1) is 0 Å². The van der Waals surface area contributed by atoms with Gasteiger partial charge in [-0.15, -0.1) is 12.4 Å². The largest absolute Gasteiger partial charge is 0.460 e. The van der Waals surface area contributed by atoms with Crippen LogP contribution in [0.5, 0.6) is 0 Å². The quantitative estimate of drug-likeness (QED) is 0.385. The highest BCUT2D eigenvalue weighted by atomic mass is 35.5. The second-order valence-corrected chi connectivity index (χ2v) is 6.61. The Kier molecular flexibility index (Phi) is 9.49. The molecule has 6 heteroatoms. The fourth-order valence-corrected chi connectivity index (χ4v) is 2.74. The number of carbonyl (C=O) groups excluding carboxylic acids is 2. The number of esters is 2. The van der Waals surface area contributed by atoms with E-state index in [2.05, 4.69) is 11.9 Å². The lowest BCUT2D eigenvalue weighted by molar-refractivity contribution is 0.0426. The molecule has 0 amide bonds. The van der Waals surface area contributed by atoms with Crippen molar-refractivity contribution in [3.05, 3.63) is 120 Å². The zero-order valence-corrected chi connectivity index (χ0v) is 17.7. The molecule has 0 aliphatic rings. The number of carbonyl (C=O) groups is 2. The zero-order chi connectivity index (χ0) is 21.2. The van der Waals surface area contributed by atoms with Gasteiger partial charge in [0.25, 0.3) is 0 Å². The van der Waals surface area contributed by atoms with E-state index >= 15 is 0 Å². The van der Waals surface area contributed by atoms with Crippen molar-refractivity contribution in [2.24, 2.45) is 0 Å². The molecule has 160 valence electrons. The molecule has 0 saturated carbocycles. The molecule has 0 spiro atoms. The molecule has 0 fully saturated rings. The Morgan fingerprint density at radius 2 is 1.26 bits per heavy atom. The number of halogens is 1. The van der Waals surface area contributed by atoms with Crippen LogP contribution < -0.4 is 5.32 Å². The Labute approximate surface area is 188 Å². The number of ether oxygens (including phenoxy) is 2. The van der Waals surface area contributed by atoms with Crippen LogP contribution in [0.15, 0.2) is 103 Å². The maximum atomic E-state index is 12.4. The van der Waals surface area contributed by atoms with Crippen molar-refractivity contribution in [1.82, 2.24) is 5.32 Å². The van der Waals surface area contributed by atoms with Crippen molar-refractivity contribution in [2.75, 3.05) is 6.61 Å². The predicted molar refractivity (Wildman–Crippen MR) is 122 cm³/mol. The lowest BCUT2D eigenvalue weighted by atomic mass is 10.2. The van der Waals surface area contributed by atoms with Gasteiger partial charge in [-0.3, -0.25) is 0 Å². The Morgan fingerprint density at radius 1 is 0.774 bits per heavy atom. The van der Waals surface area contributed by atoms with Crippen LogP contribution >= 0.6 is 12.4 Å². The van der Waals surface area contributed by atoms with Crippen molar-refractivity contribution in [1.29, 1.82) is 0 Å². The third-order valence-corrected chi connectivity index (χ3v) is 4.41. The van der Waals surface area contributed by atoms with Gasteiger partial charge in [0.15, 0.2) is 0 Å². The molecular weight excluding hydrogens is 414 g/mol. The van der Waals surface area contributed by atoms with Gasteiger partial charge < -0.3 is 14.8 Å². The van der Waals surface area contributed by atoms with Gasteiger partial charge in [-0.05, 0) is 29.8 Å². The molecular formula is C25H24ClNO4. The third-order valence-electron chi connectivity index (χ3n) is 4.41. The van der Waals surface area contributed by atoms with Crippen LogP contribution in [0.4, 0.5) is 0 Å². The molecule has 0 heterocycles. The summed E-state index contributed by atoms with van der Waals surface area (Å²) in [4.78, 5) is 24.7. The van der Waals surface area contributed by atoms with E-state index < -0.39 is 18.0 Å². The van der Waals surface area contributed by atoms with Crippen molar-refractivity contribution in [2.45, 2.75) is 12.6 Å². The first-order chi connectivity index (χ1) is 14.6. The summed E-state index contributed by atoms with van der Waals surface area (Å²) in [6, 6.07) is 26.6. The molecule has 0 bridgehead atoms. The van der Waals surface area contributed by atoms with Crippen LogP contribution in [0.25, 0.3) is 0 Å². The van der Waals surface area contributed by atoms with Gasteiger partial charge in [-0.1, -0.05) is 73.3 Å². The van der Waals surface area contributed by atoms with Crippen LogP contribution in [-0.2, 0) is 16.0 Å². The summed E-state index contributed by atoms with van der Waals surface area (Å²) in [5.74, 6) is -0.786. The van der Waals surface area contributed by atoms with Crippen molar-refractivity contribution < 1.29 is 19.1 Å². The fraction of sp³-hybridized carbons (Fsp3) is 0.120. The highest BCUT2D eigenvalue weighted by molar-refractivity contribution is 5.90. The standard InChI is InChI=1S/C25H23NO4.ClH/c1-19(30-25(28)22-15-9-4-10-16-22)23(26-17-20-11-5-2-6-12-20)18-29-24(27)21-13-7-3-8-14-21;/h2-16,23,26H,1,17-18H2;1H. The summed E-state index contributed by atoms with van der Waals surface area (Å²) in [5.41, 5.74) is 1.91. The molecule has 3 rings (SSSR count). The van der Waals surface area contributed by atoms with E-state index in [1.165, 1.54) is 0 Å². The molecule has 0 saturated heterocycles. The second kappa shape index (κ2) is 12.3. The Morgan fingerprint density at radius 3 is 1.81 bits per heavy atom. The fourth-order valence-electron chi connectivity index (χ4n) is 2.74. The van der Waals surface area contributed by atoms with Crippen molar-refractivity contribution >= 4 is 24.3 Å². The normalized spacial score (nSPS) is 11.0. The van der Waals surface area contributed by atoms with E-state index in [-0.39, 0.29) is 24.8 Å². The number of rotatable bonds is 9. The van der Waals surface area contributed by atoms with E-state index in [0.717, 1.165) is 5.56 Å². The van der Waals surface area contributed by atoms with Gasteiger partial charge in [0.05, 0.1) is 11.1 Å². The van der Waals surface area contributed by atoms with E-state index in [4.69, 9.17) is 9.47 Å². The molecule has 31 heavy (non-hydrogen) atoms. The summed E-state index contributed by atoms with van der Waals surface area (Å²) >= 11 is 0. The molecule has 0 aromatic heterocycles. The first-order valence-corrected chi connectivity index (χ1v) is 9.59. The number of benzene rings is 3. The summed E-state index contributed by atoms with van der Waals surface area (Å²) in [7, 11) is 0. The molecule has 5 nitrogen and oxygen atoms in total. The molecule has 1 unspecified atom stereocenters. The van der Waals surface area contributed by atoms with Gasteiger partial charge in [0, 0.05) is 6.54 Å². The first-order valence-electron chi connectivity index (χ1n) is 9.59. The smallest absolute Gasteiger partial charge is 0.343 e. The molecule has 1 N–H and O–H groups in total. The lowest BCUT2D eigenvalue weighted by Gasteiger charge is -2.21. The van der Waals surface area contributed by atoms with Gasteiger partial charge in [0.1, 0.15) is 18.4 Å². The highest BCUT2D eigenvalue weighted by Gasteiger charge is 2.20. The zero-order valence-electron chi connectivity index (χ0n) is 16.9. The van der Waals surface area contributed by atoms with E-state index in [9.17, 15) is 9.59 Å². The maximum absolute atomic E-state index is 12.4. The molecule has 0 aliphatic carbocycles. The minimum Gasteiger partial charge on any atom is -0.460 e. The van der Waals surface area contributed by atoms with Gasteiger partial charge in [0.2, 0.25) is 0 Å². The molecule has 1 atom stereocenters. The Hall–Kier alpha value is -3.41. The lowest BCUT2D eigenvalue weighted by Crippen LogP contribution is -2.37. The minimum atomic E-state index is -0.564. The van der Waals surface area contributed by atoms with Gasteiger partial charge in [-0.2, -0.15) is 0 Å². The summed E-state index contributed by atoms with van der Waals surface area (Å²) in [6.45, 7) is 4.36. The second-order valence-electron chi connectivity index (χ2n) is 6.61. The topological polar surface area (TPSA) is 64.6 Å². The average molecular weight is 438 g/mol.